The first-order chi connectivity index (χ1) is 9.90. The zero-order chi connectivity index (χ0) is 15.2. The summed E-state index contributed by atoms with van der Waals surface area (Å²) in [6.45, 7) is 13.4. The predicted molar refractivity (Wildman–Crippen MR) is 86.0 cm³/mol. The van der Waals surface area contributed by atoms with Crippen LogP contribution in [0.25, 0.3) is 0 Å². The highest BCUT2D eigenvalue weighted by Crippen LogP contribution is 2.51. The standard InChI is InChI=1S/C18H32N2O/c1-13(2)15-5-7-19(8-6-15)16-9-18(10-16)11-20(12-18)17(21)14(3)4/h13-16H,5-12H2,1-4H3. The van der Waals surface area contributed by atoms with E-state index in [1.165, 1.54) is 38.8 Å². The molecule has 0 unspecified atom stereocenters. The highest BCUT2D eigenvalue weighted by atomic mass is 16.2. The van der Waals surface area contributed by atoms with Gasteiger partial charge in [-0.1, -0.05) is 27.7 Å². The molecule has 120 valence electrons. The molecule has 1 amide bonds. The minimum atomic E-state index is 0.160. The van der Waals surface area contributed by atoms with Gasteiger partial charge in [-0.25, -0.2) is 0 Å². The Kier molecular flexibility index (Phi) is 4.06. The Labute approximate surface area is 130 Å². The summed E-state index contributed by atoms with van der Waals surface area (Å²) in [6, 6.07) is 0.814. The molecule has 1 spiro atoms. The molecule has 0 aromatic rings. The number of carbonyl (C=O) groups is 1. The lowest BCUT2D eigenvalue weighted by molar-refractivity contribution is -0.161. The van der Waals surface area contributed by atoms with E-state index in [2.05, 4.69) is 23.6 Å². The number of carbonyl (C=O) groups excluding carboxylic acids is 1. The minimum absolute atomic E-state index is 0.160. The van der Waals surface area contributed by atoms with Crippen molar-refractivity contribution in [2.24, 2.45) is 23.2 Å². The predicted octanol–water partition coefficient (Wildman–Crippen LogP) is 3.00. The van der Waals surface area contributed by atoms with E-state index in [4.69, 9.17) is 0 Å². The van der Waals surface area contributed by atoms with E-state index < -0.39 is 0 Å². The molecule has 21 heavy (non-hydrogen) atoms. The van der Waals surface area contributed by atoms with Gasteiger partial charge in [0.2, 0.25) is 5.91 Å². The number of hydrogen-bond donors (Lipinski definition) is 0. The Morgan fingerprint density at radius 3 is 2.10 bits per heavy atom. The zero-order valence-electron chi connectivity index (χ0n) is 14.3. The largest absolute Gasteiger partial charge is 0.341 e. The average Bonchev–Trinajstić information content (AvgIpc) is 2.35. The fraction of sp³-hybridized carbons (Fsp3) is 0.944. The van der Waals surface area contributed by atoms with Crippen LogP contribution in [0.2, 0.25) is 0 Å². The molecule has 0 atom stereocenters. The molecule has 0 N–H and O–H groups in total. The molecule has 2 aliphatic heterocycles. The lowest BCUT2D eigenvalue weighted by Crippen LogP contribution is -2.68. The van der Waals surface area contributed by atoms with E-state index in [9.17, 15) is 4.79 Å². The average molecular weight is 292 g/mol. The SMILES string of the molecule is CC(C)C(=O)N1CC2(CC(N3CCC(C(C)C)CC3)C2)C1. The van der Waals surface area contributed by atoms with E-state index in [1.807, 2.05) is 13.8 Å². The van der Waals surface area contributed by atoms with Crippen LogP contribution in [0.3, 0.4) is 0 Å². The maximum Gasteiger partial charge on any atom is 0.225 e. The molecule has 3 heteroatoms. The third kappa shape index (κ3) is 2.86. The lowest BCUT2D eigenvalue weighted by atomic mass is 9.59. The fourth-order valence-corrected chi connectivity index (χ4v) is 4.69. The second kappa shape index (κ2) is 5.57. The number of likely N-dealkylation sites (tertiary alicyclic amines) is 2. The normalized spacial score (nSPS) is 27.2. The molecule has 3 rings (SSSR count). The molecule has 2 saturated heterocycles. The van der Waals surface area contributed by atoms with Crippen molar-refractivity contribution in [3.63, 3.8) is 0 Å². The highest BCUT2D eigenvalue weighted by molar-refractivity contribution is 5.79. The third-order valence-corrected chi connectivity index (χ3v) is 6.23. The van der Waals surface area contributed by atoms with Crippen molar-refractivity contribution in [2.75, 3.05) is 26.2 Å². The monoisotopic (exact) mass is 292 g/mol. The van der Waals surface area contributed by atoms with E-state index in [1.54, 1.807) is 0 Å². The van der Waals surface area contributed by atoms with E-state index in [-0.39, 0.29) is 5.92 Å². The summed E-state index contributed by atoms with van der Waals surface area (Å²) in [5.74, 6) is 2.30. The highest BCUT2D eigenvalue weighted by Gasteiger charge is 2.55. The number of hydrogen-bond acceptors (Lipinski definition) is 2. The van der Waals surface area contributed by atoms with Crippen LogP contribution in [0.5, 0.6) is 0 Å². The van der Waals surface area contributed by atoms with Gasteiger partial charge < -0.3 is 9.80 Å². The smallest absolute Gasteiger partial charge is 0.225 e. The van der Waals surface area contributed by atoms with E-state index >= 15 is 0 Å². The Balaban J connectivity index is 1.41. The van der Waals surface area contributed by atoms with Gasteiger partial charge in [-0.3, -0.25) is 4.79 Å². The second-order valence-corrected chi connectivity index (χ2v) is 8.53. The van der Waals surface area contributed by atoms with Gasteiger partial charge in [0, 0.05) is 30.5 Å². The molecule has 0 radical (unpaired) electrons. The summed E-state index contributed by atoms with van der Waals surface area (Å²) >= 11 is 0. The van der Waals surface area contributed by atoms with Crippen molar-refractivity contribution < 1.29 is 4.79 Å². The summed E-state index contributed by atoms with van der Waals surface area (Å²) in [5.41, 5.74) is 0.504. The van der Waals surface area contributed by atoms with Crippen molar-refractivity contribution in [3.8, 4) is 0 Å². The maximum absolute atomic E-state index is 12.0. The van der Waals surface area contributed by atoms with Crippen molar-refractivity contribution in [2.45, 2.75) is 59.4 Å². The summed E-state index contributed by atoms with van der Waals surface area (Å²) in [5, 5.41) is 0. The fourth-order valence-electron chi connectivity index (χ4n) is 4.69. The quantitative estimate of drug-likeness (QED) is 0.798. The lowest BCUT2D eigenvalue weighted by Gasteiger charge is -2.62. The molecule has 3 nitrogen and oxygen atoms in total. The van der Waals surface area contributed by atoms with Crippen LogP contribution in [0, 0.1) is 23.2 Å². The van der Waals surface area contributed by atoms with Crippen LogP contribution >= 0.6 is 0 Å². The Hall–Kier alpha value is -0.570. The van der Waals surface area contributed by atoms with Crippen LogP contribution in [0.1, 0.15) is 53.4 Å². The van der Waals surface area contributed by atoms with Gasteiger partial charge in [0.05, 0.1) is 0 Å². The molecule has 1 saturated carbocycles. The first kappa shape index (κ1) is 15.3. The molecule has 2 heterocycles. The van der Waals surface area contributed by atoms with Crippen LogP contribution in [0.15, 0.2) is 0 Å². The molecule has 3 aliphatic rings. The summed E-state index contributed by atoms with van der Waals surface area (Å²) < 4.78 is 0. The second-order valence-electron chi connectivity index (χ2n) is 8.53. The summed E-state index contributed by atoms with van der Waals surface area (Å²) in [6.07, 6.45) is 5.45. The van der Waals surface area contributed by atoms with Gasteiger partial charge in [-0.05, 0) is 50.6 Å². The minimum Gasteiger partial charge on any atom is -0.341 e. The van der Waals surface area contributed by atoms with Crippen LogP contribution in [-0.4, -0.2) is 47.9 Å². The molecule has 1 aliphatic carbocycles. The maximum atomic E-state index is 12.0. The number of nitrogens with zero attached hydrogens (tertiary/aromatic N) is 2. The van der Waals surface area contributed by atoms with Gasteiger partial charge in [-0.2, -0.15) is 0 Å². The molecular weight excluding hydrogens is 260 g/mol. The molecular formula is C18H32N2O. The third-order valence-electron chi connectivity index (χ3n) is 6.23. The van der Waals surface area contributed by atoms with Crippen molar-refractivity contribution in [1.29, 1.82) is 0 Å². The number of amides is 1. The van der Waals surface area contributed by atoms with Crippen LogP contribution in [0.4, 0.5) is 0 Å². The molecule has 0 aromatic heterocycles. The van der Waals surface area contributed by atoms with Crippen molar-refractivity contribution >= 4 is 5.91 Å². The van der Waals surface area contributed by atoms with Gasteiger partial charge in [0.1, 0.15) is 0 Å². The first-order valence-corrected chi connectivity index (χ1v) is 8.93. The Morgan fingerprint density at radius 2 is 1.62 bits per heavy atom. The molecule has 3 fully saturated rings. The molecule has 0 bridgehead atoms. The van der Waals surface area contributed by atoms with Crippen LogP contribution in [-0.2, 0) is 4.79 Å². The van der Waals surface area contributed by atoms with Gasteiger partial charge in [0.25, 0.3) is 0 Å². The summed E-state index contributed by atoms with van der Waals surface area (Å²) in [4.78, 5) is 16.8. The van der Waals surface area contributed by atoms with E-state index in [0.717, 1.165) is 31.0 Å². The first-order valence-electron chi connectivity index (χ1n) is 8.93. The van der Waals surface area contributed by atoms with Gasteiger partial charge >= 0.3 is 0 Å². The topological polar surface area (TPSA) is 23.6 Å². The van der Waals surface area contributed by atoms with Crippen molar-refractivity contribution in [3.05, 3.63) is 0 Å². The van der Waals surface area contributed by atoms with Crippen molar-refractivity contribution in [1.82, 2.24) is 9.80 Å². The van der Waals surface area contributed by atoms with Gasteiger partial charge in [0.15, 0.2) is 0 Å². The van der Waals surface area contributed by atoms with Crippen LogP contribution < -0.4 is 0 Å². The Morgan fingerprint density at radius 1 is 1.05 bits per heavy atom. The Bertz CT molecular complexity index is 382. The number of rotatable bonds is 3. The zero-order valence-corrected chi connectivity index (χ0v) is 14.3. The number of piperidine rings is 1. The summed E-state index contributed by atoms with van der Waals surface area (Å²) in [7, 11) is 0. The van der Waals surface area contributed by atoms with Gasteiger partial charge in [-0.15, -0.1) is 0 Å². The molecule has 0 aromatic carbocycles. The van der Waals surface area contributed by atoms with E-state index in [0.29, 0.717) is 11.3 Å².